The van der Waals surface area contributed by atoms with E-state index in [-0.39, 0.29) is 11.4 Å². The van der Waals surface area contributed by atoms with Crippen LogP contribution in [0.4, 0.5) is 11.4 Å². The molecule has 0 unspecified atom stereocenters. The Kier molecular flexibility index (Phi) is 4.15. The first-order valence-electron chi connectivity index (χ1n) is 12.9. The van der Waals surface area contributed by atoms with Crippen LogP contribution < -0.4 is 9.80 Å². The third-order valence-electron chi connectivity index (χ3n) is 9.02. The van der Waals surface area contributed by atoms with Gasteiger partial charge in [-0.3, -0.25) is 0 Å². The van der Waals surface area contributed by atoms with E-state index in [4.69, 9.17) is 4.74 Å². The minimum absolute atomic E-state index is 0.220. The number of hydrogen-bond donors (Lipinski definition) is 0. The van der Waals surface area contributed by atoms with Gasteiger partial charge in [-0.1, -0.05) is 32.0 Å². The van der Waals surface area contributed by atoms with Crippen LogP contribution in [0.5, 0.6) is 0 Å². The first-order valence-corrected chi connectivity index (χ1v) is 12.9. The van der Waals surface area contributed by atoms with Crippen molar-refractivity contribution in [3.05, 3.63) is 93.0 Å². The number of anilines is 2. The summed E-state index contributed by atoms with van der Waals surface area (Å²) in [5.41, 5.74) is 10.7. The fourth-order valence-corrected chi connectivity index (χ4v) is 7.16. The lowest BCUT2D eigenvalue weighted by molar-refractivity contribution is 0.0231. The van der Waals surface area contributed by atoms with Crippen LogP contribution in [0.25, 0.3) is 0 Å². The smallest absolute Gasteiger partial charge is 0.340 e. The van der Waals surface area contributed by atoms with E-state index in [1.165, 1.54) is 33.6 Å². The minimum Gasteiger partial charge on any atom is -0.441 e. The quantitative estimate of drug-likeness (QED) is 0.408. The van der Waals surface area contributed by atoms with Gasteiger partial charge in [0.1, 0.15) is 0 Å². The van der Waals surface area contributed by atoms with Gasteiger partial charge in [-0.25, -0.2) is 4.79 Å². The third kappa shape index (κ3) is 2.60. The Bertz CT molecular complexity index is 1350. The van der Waals surface area contributed by atoms with Crippen LogP contribution in [0, 0.1) is 0 Å². The number of benzene rings is 3. The maximum absolute atomic E-state index is 13.4. The predicted octanol–water partition coefficient (Wildman–Crippen LogP) is 5.55. The highest BCUT2D eigenvalue weighted by Gasteiger charge is 2.56. The lowest BCUT2D eigenvalue weighted by Gasteiger charge is -2.47. The largest absolute Gasteiger partial charge is 0.441 e. The monoisotopic (exact) mass is 464 g/mol. The number of carbonyl (C=O) groups excluding carboxylic acids is 1. The molecule has 0 atom stereocenters. The van der Waals surface area contributed by atoms with Crippen molar-refractivity contribution in [2.75, 3.05) is 37.0 Å². The molecule has 178 valence electrons. The van der Waals surface area contributed by atoms with Gasteiger partial charge in [0.25, 0.3) is 0 Å². The Morgan fingerprint density at radius 3 is 1.86 bits per heavy atom. The number of aryl methyl sites for hydroxylation is 2. The van der Waals surface area contributed by atoms with E-state index in [0.29, 0.717) is 5.56 Å². The summed E-state index contributed by atoms with van der Waals surface area (Å²) >= 11 is 0. The number of ether oxygens (including phenoxy) is 1. The van der Waals surface area contributed by atoms with Crippen molar-refractivity contribution in [2.24, 2.45) is 0 Å². The maximum atomic E-state index is 13.4. The number of esters is 1. The van der Waals surface area contributed by atoms with Gasteiger partial charge in [0.15, 0.2) is 5.60 Å². The van der Waals surface area contributed by atoms with Crippen molar-refractivity contribution in [1.29, 1.82) is 0 Å². The van der Waals surface area contributed by atoms with Gasteiger partial charge in [0.05, 0.1) is 5.56 Å². The van der Waals surface area contributed by atoms with Gasteiger partial charge in [-0.05, 0) is 78.3 Å². The van der Waals surface area contributed by atoms with Crippen LogP contribution in [-0.2, 0) is 28.6 Å². The van der Waals surface area contributed by atoms with Gasteiger partial charge in [0.2, 0.25) is 0 Å². The van der Waals surface area contributed by atoms with Crippen LogP contribution in [-0.4, -0.2) is 33.2 Å². The standard InChI is InChI=1S/C31H32N2O2/c1-30(2)23-17-27-19(9-7-13-32(27)3)15-25(23)31(22-12-6-5-11-21(22)29(34)35-31)26-16-20-10-8-14-33(4)28(20)18-24(26)30/h5-6,11-12,15-18H,7-10,13-14H2,1-4H3. The highest BCUT2D eigenvalue weighted by atomic mass is 16.6. The molecule has 0 fully saturated rings. The Labute approximate surface area is 207 Å². The summed E-state index contributed by atoms with van der Waals surface area (Å²) in [7, 11) is 4.39. The van der Waals surface area contributed by atoms with Crippen LogP contribution in [0.1, 0.15) is 76.0 Å². The minimum atomic E-state index is -0.899. The molecule has 0 saturated heterocycles. The van der Waals surface area contributed by atoms with E-state index in [2.05, 4.69) is 68.1 Å². The van der Waals surface area contributed by atoms with Crippen molar-refractivity contribution >= 4 is 17.3 Å². The van der Waals surface area contributed by atoms with Crippen molar-refractivity contribution in [3.63, 3.8) is 0 Å². The third-order valence-corrected chi connectivity index (χ3v) is 9.02. The molecule has 3 heterocycles. The van der Waals surface area contributed by atoms with E-state index in [9.17, 15) is 4.79 Å². The van der Waals surface area contributed by atoms with Crippen LogP contribution >= 0.6 is 0 Å². The molecule has 0 aromatic heterocycles. The molecule has 1 aliphatic carbocycles. The van der Waals surface area contributed by atoms with Crippen LogP contribution in [0.3, 0.4) is 0 Å². The molecule has 0 N–H and O–H groups in total. The molecule has 3 aromatic carbocycles. The van der Waals surface area contributed by atoms with E-state index in [1.54, 1.807) is 0 Å². The summed E-state index contributed by atoms with van der Waals surface area (Å²) in [5.74, 6) is -0.220. The number of carbonyl (C=O) groups is 1. The summed E-state index contributed by atoms with van der Waals surface area (Å²) in [6, 6.07) is 17.5. The second-order valence-electron chi connectivity index (χ2n) is 11.3. The molecule has 3 aliphatic heterocycles. The van der Waals surface area contributed by atoms with E-state index < -0.39 is 5.60 Å². The predicted molar refractivity (Wildman–Crippen MR) is 140 cm³/mol. The van der Waals surface area contributed by atoms with Gasteiger partial charge in [-0.2, -0.15) is 0 Å². The molecule has 1 spiro atoms. The molecule has 4 heteroatoms. The lowest BCUT2D eigenvalue weighted by Crippen LogP contribution is -2.42. The Balaban J connectivity index is 1.62. The molecule has 4 aliphatic rings. The van der Waals surface area contributed by atoms with E-state index >= 15 is 0 Å². The maximum Gasteiger partial charge on any atom is 0.340 e. The average Bonchev–Trinajstić information content (AvgIpc) is 3.15. The molecule has 0 radical (unpaired) electrons. The highest BCUT2D eigenvalue weighted by Crippen LogP contribution is 2.58. The lowest BCUT2D eigenvalue weighted by atomic mass is 9.60. The number of rotatable bonds is 0. The first-order chi connectivity index (χ1) is 16.8. The van der Waals surface area contributed by atoms with Crippen molar-refractivity contribution in [1.82, 2.24) is 0 Å². The molecule has 7 rings (SSSR count). The fraction of sp³-hybridized carbons (Fsp3) is 0.387. The topological polar surface area (TPSA) is 32.8 Å². The van der Waals surface area contributed by atoms with Gasteiger partial charge in [0, 0.05) is 60.7 Å². The second-order valence-corrected chi connectivity index (χ2v) is 11.3. The number of nitrogens with zero attached hydrogens (tertiary/aromatic N) is 2. The summed E-state index contributed by atoms with van der Waals surface area (Å²) in [5, 5.41) is 0. The van der Waals surface area contributed by atoms with Gasteiger partial charge in [-0.15, -0.1) is 0 Å². The molecular weight excluding hydrogens is 432 g/mol. The zero-order valence-electron chi connectivity index (χ0n) is 21.1. The van der Waals surface area contributed by atoms with Crippen LogP contribution in [0.2, 0.25) is 0 Å². The Morgan fingerprint density at radius 1 is 0.743 bits per heavy atom. The van der Waals surface area contributed by atoms with Gasteiger partial charge < -0.3 is 14.5 Å². The molecule has 3 aromatic rings. The summed E-state index contributed by atoms with van der Waals surface area (Å²) < 4.78 is 6.58. The Morgan fingerprint density at radius 2 is 1.29 bits per heavy atom. The van der Waals surface area contributed by atoms with Crippen molar-refractivity contribution < 1.29 is 9.53 Å². The summed E-state index contributed by atoms with van der Waals surface area (Å²) in [6.45, 7) is 6.82. The SMILES string of the molecule is CN1CCCc2cc3c(cc21)C(C)(C)c1cc2c(cc1C31OC(=O)c3ccccc31)CCCN2C. The van der Waals surface area contributed by atoms with E-state index in [0.717, 1.165) is 55.5 Å². The molecule has 4 nitrogen and oxygen atoms in total. The van der Waals surface area contributed by atoms with Crippen molar-refractivity contribution in [3.8, 4) is 0 Å². The highest BCUT2D eigenvalue weighted by molar-refractivity contribution is 5.97. The number of fused-ring (bicyclic) bond motifs is 8. The fourth-order valence-electron chi connectivity index (χ4n) is 7.16. The zero-order valence-corrected chi connectivity index (χ0v) is 21.1. The Hall–Kier alpha value is -3.27. The molecule has 0 amide bonds. The van der Waals surface area contributed by atoms with E-state index in [1.807, 2.05) is 18.2 Å². The number of hydrogen-bond acceptors (Lipinski definition) is 4. The van der Waals surface area contributed by atoms with Crippen molar-refractivity contribution in [2.45, 2.75) is 50.5 Å². The average molecular weight is 465 g/mol. The molecular formula is C31H32N2O2. The first kappa shape index (κ1) is 21.0. The second kappa shape index (κ2) is 6.90. The summed E-state index contributed by atoms with van der Waals surface area (Å²) in [6.07, 6.45) is 4.40. The molecule has 35 heavy (non-hydrogen) atoms. The van der Waals surface area contributed by atoms with Crippen LogP contribution in [0.15, 0.2) is 48.5 Å². The molecule has 0 bridgehead atoms. The normalized spacial score (nSPS) is 20.5. The van der Waals surface area contributed by atoms with Gasteiger partial charge >= 0.3 is 5.97 Å². The molecule has 0 saturated carbocycles. The summed E-state index contributed by atoms with van der Waals surface area (Å²) in [4.78, 5) is 18.1. The zero-order chi connectivity index (χ0) is 24.1.